The highest BCUT2D eigenvalue weighted by molar-refractivity contribution is 5.97. The fraction of sp³-hybridized carbons (Fsp3) is 0.176. The van der Waals surface area contributed by atoms with Gasteiger partial charge in [-0.25, -0.2) is 4.98 Å². The molecular weight excluding hydrogens is 264 g/mol. The number of aromatic nitrogens is 2. The van der Waals surface area contributed by atoms with Gasteiger partial charge in [0.05, 0.1) is 24.7 Å². The second kappa shape index (κ2) is 5.40. The number of para-hydroxylation sites is 2. The van der Waals surface area contributed by atoms with Gasteiger partial charge in [0.2, 0.25) is 0 Å². The Morgan fingerprint density at radius 3 is 2.81 bits per heavy atom. The summed E-state index contributed by atoms with van der Waals surface area (Å²) in [5.74, 6) is 1.57. The maximum absolute atomic E-state index is 12.5. The molecule has 0 N–H and O–H groups in total. The first-order valence-electron chi connectivity index (χ1n) is 6.78. The fourth-order valence-electron chi connectivity index (χ4n) is 2.43. The van der Waals surface area contributed by atoms with Crippen LogP contribution in [0.3, 0.4) is 0 Å². The number of nitrogens with zero attached hydrogens (tertiary/aromatic N) is 2. The highest BCUT2D eigenvalue weighted by Crippen LogP contribution is 2.18. The summed E-state index contributed by atoms with van der Waals surface area (Å²) in [4.78, 5) is 17.0. The van der Waals surface area contributed by atoms with Gasteiger partial charge in [0.1, 0.15) is 11.6 Å². The molecule has 2 aromatic carbocycles. The molecule has 0 fully saturated rings. The van der Waals surface area contributed by atoms with Crippen LogP contribution in [-0.2, 0) is 6.54 Å². The summed E-state index contributed by atoms with van der Waals surface area (Å²) in [5.41, 5.74) is 2.53. The van der Waals surface area contributed by atoms with E-state index < -0.39 is 0 Å². The highest BCUT2D eigenvalue weighted by atomic mass is 16.5. The molecule has 0 unspecified atom stereocenters. The number of Topliss-reactive ketones (excluding diaryl/α,β-unsaturated/α-hetero) is 1. The summed E-state index contributed by atoms with van der Waals surface area (Å²) in [6.45, 7) is 2.19. The second-order valence-corrected chi connectivity index (χ2v) is 4.89. The quantitative estimate of drug-likeness (QED) is 0.689. The van der Waals surface area contributed by atoms with Crippen molar-refractivity contribution in [1.82, 2.24) is 9.55 Å². The van der Waals surface area contributed by atoms with Gasteiger partial charge in [-0.1, -0.05) is 24.3 Å². The molecule has 106 valence electrons. The van der Waals surface area contributed by atoms with Crippen LogP contribution in [0.2, 0.25) is 0 Å². The average Bonchev–Trinajstić information content (AvgIpc) is 2.83. The number of carbonyl (C=O) groups excluding carboxylic acids is 1. The smallest absolute Gasteiger partial charge is 0.182 e. The number of carbonyl (C=O) groups is 1. The minimum absolute atomic E-state index is 0.0418. The molecule has 0 aliphatic rings. The molecule has 0 aliphatic carbocycles. The summed E-state index contributed by atoms with van der Waals surface area (Å²) in [5, 5.41) is 0. The lowest BCUT2D eigenvalue weighted by molar-refractivity contribution is 0.0972. The van der Waals surface area contributed by atoms with Gasteiger partial charge in [-0.2, -0.15) is 0 Å². The van der Waals surface area contributed by atoms with Crippen molar-refractivity contribution in [2.75, 3.05) is 7.11 Å². The zero-order valence-electron chi connectivity index (χ0n) is 12.0. The maximum atomic E-state index is 12.5. The van der Waals surface area contributed by atoms with Gasteiger partial charge < -0.3 is 9.30 Å². The number of ketones is 1. The first-order valence-corrected chi connectivity index (χ1v) is 6.78. The zero-order valence-corrected chi connectivity index (χ0v) is 12.0. The lowest BCUT2D eigenvalue weighted by Gasteiger charge is -2.07. The van der Waals surface area contributed by atoms with Crippen molar-refractivity contribution < 1.29 is 9.53 Å². The number of rotatable bonds is 4. The van der Waals surface area contributed by atoms with Gasteiger partial charge in [-0.15, -0.1) is 0 Å². The molecule has 0 saturated carbocycles. The number of fused-ring (bicyclic) bond motifs is 1. The highest BCUT2D eigenvalue weighted by Gasteiger charge is 2.12. The number of hydrogen-bond acceptors (Lipinski definition) is 3. The van der Waals surface area contributed by atoms with Crippen molar-refractivity contribution >= 4 is 16.8 Å². The Morgan fingerprint density at radius 1 is 1.19 bits per heavy atom. The predicted molar refractivity (Wildman–Crippen MR) is 81.8 cm³/mol. The molecule has 4 nitrogen and oxygen atoms in total. The predicted octanol–water partition coefficient (Wildman–Crippen LogP) is 3.24. The van der Waals surface area contributed by atoms with Crippen molar-refractivity contribution in [3.63, 3.8) is 0 Å². The lowest BCUT2D eigenvalue weighted by atomic mass is 10.1. The van der Waals surface area contributed by atoms with Gasteiger partial charge in [0.25, 0.3) is 0 Å². The van der Waals surface area contributed by atoms with Crippen molar-refractivity contribution in [3.05, 3.63) is 59.9 Å². The van der Waals surface area contributed by atoms with E-state index in [-0.39, 0.29) is 12.3 Å². The van der Waals surface area contributed by atoms with Crippen LogP contribution in [-0.4, -0.2) is 22.4 Å². The third-order valence-corrected chi connectivity index (χ3v) is 3.54. The van der Waals surface area contributed by atoms with E-state index in [4.69, 9.17) is 4.74 Å². The normalized spacial score (nSPS) is 10.8. The van der Waals surface area contributed by atoms with Crippen molar-refractivity contribution in [2.24, 2.45) is 0 Å². The van der Waals surface area contributed by atoms with Crippen LogP contribution < -0.4 is 4.74 Å². The van der Waals surface area contributed by atoms with E-state index in [1.54, 1.807) is 19.2 Å². The van der Waals surface area contributed by atoms with Gasteiger partial charge in [-0.05, 0) is 31.2 Å². The molecule has 4 heteroatoms. The van der Waals surface area contributed by atoms with E-state index in [0.717, 1.165) is 16.9 Å². The van der Waals surface area contributed by atoms with Crippen LogP contribution in [0, 0.1) is 6.92 Å². The lowest BCUT2D eigenvalue weighted by Crippen LogP contribution is -2.11. The van der Waals surface area contributed by atoms with Crippen molar-refractivity contribution in [1.29, 1.82) is 0 Å². The van der Waals surface area contributed by atoms with Crippen molar-refractivity contribution in [3.8, 4) is 5.75 Å². The third kappa shape index (κ3) is 2.52. The molecule has 0 saturated heterocycles. The minimum atomic E-state index is 0.0418. The molecule has 0 spiro atoms. The van der Waals surface area contributed by atoms with Gasteiger partial charge in [-0.3, -0.25) is 4.79 Å². The molecule has 0 bridgehead atoms. The number of aryl methyl sites for hydroxylation is 1. The molecule has 0 amide bonds. The first-order chi connectivity index (χ1) is 10.2. The number of ether oxygens (including phenoxy) is 1. The Hall–Kier alpha value is -2.62. The molecule has 0 atom stereocenters. The Bertz CT molecular complexity index is 805. The molecule has 3 rings (SSSR count). The first kappa shape index (κ1) is 13.4. The van der Waals surface area contributed by atoms with Gasteiger partial charge in [0.15, 0.2) is 5.78 Å². The molecule has 0 radical (unpaired) electrons. The van der Waals surface area contributed by atoms with Crippen LogP contribution in [0.15, 0.2) is 48.5 Å². The number of benzene rings is 2. The fourth-order valence-corrected chi connectivity index (χ4v) is 2.43. The van der Waals surface area contributed by atoms with Gasteiger partial charge in [0, 0.05) is 5.56 Å². The maximum Gasteiger partial charge on any atom is 0.182 e. The largest absolute Gasteiger partial charge is 0.497 e. The molecule has 1 heterocycles. The monoisotopic (exact) mass is 280 g/mol. The number of imidazole rings is 1. The number of hydrogen-bond donors (Lipinski definition) is 0. The molecule has 0 aliphatic heterocycles. The van der Waals surface area contributed by atoms with Crippen LogP contribution >= 0.6 is 0 Å². The third-order valence-electron chi connectivity index (χ3n) is 3.54. The minimum Gasteiger partial charge on any atom is -0.497 e. The Kier molecular flexibility index (Phi) is 3.44. The summed E-state index contributed by atoms with van der Waals surface area (Å²) in [7, 11) is 1.59. The van der Waals surface area contributed by atoms with Crippen LogP contribution in [0.1, 0.15) is 16.2 Å². The van der Waals surface area contributed by atoms with Crippen LogP contribution in [0.4, 0.5) is 0 Å². The molecule has 1 aromatic heterocycles. The number of methoxy groups -OCH3 is 1. The SMILES string of the molecule is COc1cccc(C(=O)Cn2c(C)nc3ccccc32)c1. The summed E-state index contributed by atoms with van der Waals surface area (Å²) >= 11 is 0. The van der Waals surface area contributed by atoms with Crippen LogP contribution in [0.25, 0.3) is 11.0 Å². The average molecular weight is 280 g/mol. The van der Waals surface area contributed by atoms with E-state index >= 15 is 0 Å². The summed E-state index contributed by atoms with van der Waals surface area (Å²) in [6.07, 6.45) is 0. The molecule has 21 heavy (non-hydrogen) atoms. The van der Waals surface area contributed by atoms with Crippen LogP contribution in [0.5, 0.6) is 5.75 Å². The second-order valence-electron chi connectivity index (χ2n) is 4.89. The van der Waals surface area contributed by atoms with E-state index in [0.29, 0.717) is 11.3 Å². The van der Waals surface area contributed by atoms with E-state index in [2.05, 4.69) is 4.98 Å². The van der Waals surface area contributed by atoms with E-state index in [9.17, 15) is 4.79 Å². The standard InChI is InChI=1S/C17H16N2O2/c1-12-18-15-8-3-4-9-16(15)19(12)11-17(20)13-6-5-7-14(10-13)21-2/h3-10H,11H2,1-2H3. The topological polar surface area (TPSA) is 44.1 Å². The molecular formula is C17H16N2O2. The van der Waals surface area contributed by atoms with E-state index in [1.807, 2.05) is 47.9 Å². The Morgan fingerprint density at radius 2 is 2.00 bits per heavy atom. The van der Waals surface area contributed by atoms with Crippen molar-refractivity contribution in [2.45, 2.75) is 13.5 Å². The molecule has 3 aromatic rings. The zero-order chi connectivity index (χ0) is 14.8. The van der Waals surface area contributed by atoms with Gasteiger partial charge >= 0.3 is 0 Å². The Balaban J connectivity index is 1.94. The summed E-state index contributed by atoms with van der Waals surface area (Å²) < 4.78 is 7.10. The van der Waals surface area contributed by atoms with E-state index in [1.165, 1.54) is 0 Å². The summed E-state index contributed by atoms with van der Waals surface area (Å²) in [6, 6.07) is 15.1. The Labute approximate surface area is 123 Å².